The third-order valence-electron chi connectivity index (χ3n) is 5.57. The average molecular weight is 429 g/mol. The maximum atomic E-state index is 12.5. The first-order chi connectivity index (χ1) is 14.7. The lowest BCUT2D eigenvalue weighted by Crippen LogP contribution is -2.49. The van der Waals surface area contributed by atoms with Gasteiger partial charge in [0.2, 0.25) is 6.79 Å². The van der Waals surface area contributed by atoms with Gasteiger partial charge < -0.3 is 24.4 Å². The average Bonchev–Trinajstić information content (AvgIpc) is 3.24. The standard InChI is InChI=1S/C21H24N4O4S/c1-27-17-5-3-2-4-16(17)24-9-6-23(7-10-24)8-11-25-21(26)22-15-12-18-19(29-14-28-18)13-20(15)30-25/h2-5,12-13H,6-11,14H2,1H3,(H,22,26). The zero-order valence-electron chi connectivity index (χ0n) is 16.8. The van der Waals surface area contributed by atoms with Crippen LogP contribution < -0.4 is 24.4 Å². The molecule has 0 atom stereocenters. The summed E-state index contributed by atoms with van der Waals surface area (Å²) in [7, 11) is 1.71. The minimum atomic E-state index is -0.0981. The number of ether oxygens (including phenoxy) is 3. The van der Waals surface area contributed by atoms with E-state index in [2.05, 4.69) is 21.2 Å². The second-order valence-electron chi connectivity index (χ2n) is 7.33. The molecule has 1 fully saturated rings. The monoisotopic (exact) mass is 428 g/mol. The summed E-state index contributed by atoms with van der Waals surface area (Å²) in [6, 6.07) is 11.8. The number of rotatable bonds is 5. The number of piperazine rings is 1. The van der Waals surface area contributed by atoms with E-state index in [1.807, 2.05) is 30.3 Å². The highest BCUT2D eigenvalue weighted by atomic mass is 32.2. The van der Waals surface area contributed by atoms with Crippen molar-refractivity contribution in [3.05, 3.63) is 36.4 Å². The minimum absolute atomic E-state index is 0.0981. The summed E-state index contributed by atoms with van der Waals surface area (Å²) in [4.78, 5) is 18.2. The van der Waals surface area contributed by atoms with Gasteiger partial charge in [-0.1, -0.05) is 12.1 Å². The van der Waals surface area contributed by atoms with Gasteiger partial charge in [-0.25, -0.2) is 4.79 Å². The number of carbonyl (C=O) groups is 1. The summed E-state index contributed by atoms with van der Waals surface area (Å²) in [6.45, 7) is 5.49. The van der Waals surface area contributed by atoms with E-state index in [0.717, 1.165) is 60.5 Å². The fraction of sp³-hybridized carbons (Fsp3) is 0.381. The van der Waals surface area contributed by atoms with Crippen molar-refractivity contribution in [2.75, 3.05) is 63.4 Å². The molecule has 3 aliphatic rings. The third-order valence-corrected chi connectivity index (χ3v) is 6.67. The molecule has 1 saturated heterocycles. The number of para-hydroxylation sites is 2. The van der Waals surface area contributed by atoms with Crippen LogP contribution in [0.15, 0.2) is 41.3 Å². The third kappa shape index (κ3) is 3.70. The molecule has 0 saturated carbocycles. The summed E-state index contributed by atoms with van der Waals surface area (Å²) < 4.78 is 18.1. The molecular weight excluding hydrogens is 404 g/mol. The fourth-order valence-corrected chi connectivity index (χ4v) is 4.82. The van der Waals surface area contributed by atoms with Crippen LogP contribution in [-0.4, -0.2) is 68.4 Å². The molecule has 3 aliphatic heterocycles. The zero-order chi connectivity index (χ0) is 20.5. The van der Waals surface area contributed by atoms with Crippen LogP contribution in [0.25, 0.3) is 0 Å². The van der Waals surface area contributed by atoms with Crippen LogP contribution in [0.2, 0.25) is 0 Å². The number of methoxy groups -OCH3 is 1. The number of nitrogens with one attached hydrogen (secondary N) is 1. The summed E-state index contributed by atoms with van der Waals surface area (Å²) >= 11 is 1.45. The topological polar surface area (TPSA) is 66.5 Å². The Morgan fingerprint density at radius 3 is 2.63 bits per heavy atom. The molecule has 0 bridgehead atoms. The minimum Gasteiger partial charge on any atom is -0.495 e. The molecule has 2 aromatic carbocycles. The molecule has 0 radical (unpaired) electrons. The van der Waals surface area contributed by atoms with E-state index in [-0.39, 0.29) is 12.8 Å². The van der Waals surface area contributed by atoms with Crippen molar-refractivity contribution >= 4 is 29.4 Å². The van der Waals surface area contributed by atoms with Gasteiger partial charge in [-0.15, -0.1) is 0 Å². The highest BCUT2D eigenvalue weighted by Gasteiger charge is 2.28. The van der Waals surface area contributed by atoms with Crippen molar-refractivity contribution in [1.82, 2.24) is 9.21 Å². The molecule has 0 spiro atoms. The number of amides is 2. The lowest BCUT2D eigenvalue weighted by Gasteiger charge is -2.37. The molecule has 1 N–H and O–H groups in total. The maximum absolute atomic E-state index is 12.5. The molecule has 0 unspecified atom stereocenters. The van der Waals surface area contributed by atoms with E-state index in [9.17, 15) is 4.79 Å². The van der Waals surface area contributed by atoms with Gasteiger partial charge in [-0.2, -0.15) is 0 Å². The van der Waals surface area contributed by atoms with Gasteiger partial charge in [0.05, 0.1) is 23.4 Å². The van der Waals surface area contributed by atoms with Crippen LogP contribution in [0.3, 0.4) is 0 Å². The fourth-order valence-electron chi connectivity index (χ4n) is 3.92. The Labute approximate surface area is 179 Å². The molecule has 3 heterocycles. The second kappa shape index (κ2) is 8.16. The normalized spacial score (nSPS) is 18.2. The summed E-state index contributed by atoms with van der Waals surface area (Å²) in [5.74, 6) is 2.31. The molecule has 5 rings (SSSR count). The number of nitrogens with zero attached hydrogens (tertiary/aromatic N) is 3. The van der Waals surface area contributed by atoms with Crippen LogP contribution in [0.5, 0.6) is 17.2 Å². The number of anilines is 2. The van der Waals surface area contributed by atoms with Crippen molar-refractivity contribution in [3.63, 3.8) is 0 Å². The van der Waals surface area contributed by atoms with Crippen molar-refractivity contribution in [3.8, 4) is 17.2 Å². The molecule has 0 aliphatic carbocycles. The largest absolute Gasteiger partial charge is 0.495 e. The number of hydrogen-bond acceptors (Lipinski definition) is 7. The van der Waals surface area contributed by atoms with Crippen LogP contribution in [0, 0.1) is 0 Å². The first-order valence-corrected chi connectivity index (χ1v) is 10.8. The highest BCUT2D eigenvalue weighted by Crippen LogP contribution is 2.44. The van der Waals surface area contributed by atoms with Gasteiger partial charge in [0.25, 0.3) is 0 Å². The van der Waals surface area contributed by atoms with Crippen LogP contribution >= 0.6 is 11.9 Å². The number of carbonyl (C=O) groups excluding carboxylic acids is 1. The van der Waals surface area contributed by atoms with E-state index in [0.29, 0.717) is 12.3 Å². The van der Waals surface area contributed by atoms with Crippen LogP contribution in [0.1, 0.15) is 0 Å². The number of urea groups is 1. The zero-order valence-corrected chi connectivity index (χ0v) is 17.6. The second-order valence-corrected chi connectivity index (χ2v) is 8.39. The first kappa shape index (κ1) is 19.2. The Morgan fingerprint density at radius 1 is 1.07 bits per heavy atom. The predicted octanol–water partition coefficient (Wildman–Crippen LogP) is 3.10. The number of hydrogen-bond donors (Lipinski definition) is 1. The quantitative estimate of drug-likeness (QED) is 0.734. The Hall–Kier alpha value is -2.78. The molecule has 2 aromatic rings. The Balaban J connectivity index is 1.16. The van der Waals surface area contributed by atoms with Gasteiger partial charge in [-0.3, -0.25) is 9.21 Å². The molecule has 30 heavy (non-hydrogen) atoms. The van der Waals surface area contributed by atoms with Gasteiger partial charge in [0.1, 0.15) is 5.75 Å². The lowest BCUT2D eigenvalue weighted by atomic mass is 10.2. The molecule has 2 amide bonds. The molecule has 8 nitrogen and oxygen atoms in total. The molecular formula is C21H24N4O4S. The number of benzene rings is 2. The van der Waals surface area contributed by atoms with Crippen LogP contribution in [0.4, 0.5) is 16.2 Å². The SMILES string of the molecule is COc1ccccc1N1CCN(CCN2Sc3cc4c(cc3NC2=O)OCO4)CC1. The number of fused-ring (bicyclic) bond motifs is 2. The smallest absolute Gasteiger partial charge is 0.332 e. The van der Waals surface area contributed by atoms with Gasteiger partial charge in [0, 0.05) is 51.4 Å². The van der Waals surface area contributed by atoms with E-state index in [4.69, 9.17) is 14.2 Å². The van der Waals surface area contributed by atoms with Gasteiger partial charge in [-0.05, 0) is 24.1 Å². The Bertz CT molecular complexity index is 949. The van der Waals surface area contributed by atoms with E-state index in [1.54, 1.807) is 11.4 Å². The Morgan fingerprint density at radius 2 is 1.83 bits per heavy atom. The van der Waals surface area contributed by atoms with E-state index < -0.39 is 0 Å². The summed E-state index contributed by atoms with van der Waals surface area (Å²) in [5.41, 5.74) is 1.91. The van der Waals surface area contributed by atoms with Crippen LogP contribution in [-0.2, 0) is 0 Å². The van der Waals surface area contributed by atoms with Crippen molar-refractivity contribution in [2.45, 2.75) is 4.90 Å². The lowest BCUT2D eigenvalue weighted by molar-refractivity contribution is 0.174. The Kier molecular flexibility index (Phi) is 5.22. The molecule has 158 valence electrons. The van der Waals surface area contributed by atoms with E-state index >= 15 is 0 Å². The summed E-state index contributed by atoms with van der Waals surface area (Å²) in [6.07, 6.45) is 0. The molecule has 0 aromatic heterocycles. The molecule has 9 heteroatoms. The van der Waals surface area contributed by atoms with Gasteiger partial charge >= 0.3 is 6.03 Å². The summed E-state index contributed by atoms with van der Waals surface area (Å²) in [5, 5.41) is 2.96. The first-order valence-electron chi connectivity index (χ1n) is 10.0. The maximum Gasteiger partial charge on any atom is 0.332 e. The van der Waals surface area contributed by atoms with Gasteiger partial charge in [0.15, 0.2) is 11.5 Å². The highest BCUT2D eigenvalue weighted by molar-refractivity contribution is 7.97. The van der Waals surface area contributed by atoms with Crippen molar-refractivity contribution in [1.29, 1.82) is 0 Å². The van der Waals surface area contributed by atoms with Crippen molar-refractivity contribution < 1.29 is 19.0 Å². The predicted molar refractivity (Wildman–Crippen MR) is 116 cm³/mol. The van der Waals surface area contributed by atoms with E-state index in [1.165, 1.54) is 11.9 Å². The van der Waals surface area contributed by atoms with Crippen molar-refractivity contribution in [2.24, 2.45) is 0 Å².